The van der Waals surface area contributed by atoms with Crippen LogP contribution in [0, 0.1) is 0 Å². The molecule has 0 saturated carbocycles. The predicted octanol–water partition coefficient (Wildman–Crippen LogP) is 7.57. The van der Waals surface area contributed by atoms with Gasteiger partial charge in [0.25, 0.3) is 0 Å². The van der Waals surface area contributed by atoms with Crippen LogP contribution < -0.4 is 14.8 Å². The van der Waals surface area contributed by atoms with E-state index in [0.717, 1.165) is 21.7 Å². The van der Waals surface area contributed by atoms with E-state index < -0.39 is 0 Å². The number of hydrogen-bond donors (Lipinski definition) is 1. The highest BCUT2D eigenvalue weighted by Crippen LogP contribution is 2.37. The molecule has 3 aromatic carbocycles. The largest absolute Gasteiger partial charge is 0.490 e. The Kier molecular flexibility index (Phi) is 8.55. The van der Waals surface area contributed by atoms with Gasteiger partial charge in [-0.05, 0) is 48.4 Å². The van der Waals surface area contributed by atoms with Gasteiger partial charge in [0.05, 0.1) is 11.6 Å². The monoisotopic (exact) mass is 483 g/mol. The van der Waals surface area contributed by atoms with Crippen LogP contribution in [0.3, 0.4) is 0 Å². The molecule has 0 aliphatic rings. The fraction of sp³-hybridized carbons (Fsp3) is 0.217. The summed E-state index contributed by atoms with van der Waals surface area (Å²) in [7, 11) is 0. The summed E-state index contributed by atoms with van der Waals surface area (Å²) in [6.07, 6.45) is 0. The minimum atomic E-state index is 0.250. The molecular formula is C23H21Cl4NO2. The van der Waals surface area contributed by atoms with Crippen molar-refractivity contribution < 1.29 is 9.47 Å². The molecule has 0 unspecified atom stereocenters. The van der Waals surface area contributed by atoms with Gasteiger partial charge in [-0.15, -0.1) is 0 Å². The molecule has 0 bridgehead atoms. The van der Waals surface area contributed by atoms with Gasteiger partial charge in [-0.1, -0.05) is 70.7 Å². The van der Waals surface area contributed by atoms with Crippen molar-refractivity contribution in [1.82, 2.24) is 5.32 Å². The molecule has 0 heterocycles. The van der Waals surface area contributed by atoms with Crippen molar-refractivity contribution in [3.63, 3.8) is 0 Å². The molecule has 0 saturated heterocycles. The first-order chi connectivity index (χ1) is 14.5. The van der Waals surface area contributed by atoms with Crippen molar-refractivity contribution in [1.29, 1.82) is 0 Å². The molecule has 3 aromatic rings. The molecule has 0 fully saturated rings. The molecule has 7 heteroatoms. The Bertz CT molecular complexity index is 1010. The van der Waals surface area contributed by atoms with Gasteiger partial charge in [-0.25, -0.2) is 0 Å². The summed E-state index contributed by atoms with van der Waals surface area (Å²) >= 11 is 24.9. The van der Waals surface area contributed by atoms with Crippen LogP contribution >= 0.6 is 46.4 Å². The molecule has 0 spiro atoms. The lowest BCUT2D eigenvalue weighted by molar-refractivity contribution is 0.269. The average Bonchev–Trinajstić information content (AvgIpc) is 2.70. The molecule has 1 N–H and O–H groups in total. The van der Waals surface area contributed by atoms with Crippen molar-refractivity contribution in [2.75, 3.05) is 6.61 Å². The Morgan fingerprint density at radius 2 is 1.57 bits per heavy atom. The quantitative estimate of drug-likeness (QED) is 0.339. The first-order valence-corrected chi connectivity index (χ1v) is 10.9. The van der Waals surface area contributed by atoms with Gasteiger partial charge in [0.2, 0.25) is 0 Å². The highest BCUT2D eigenvalue weighted by atomic mass is 35.5. The van der Waals surface area contributed by atoms with Crippen LogP contribution in [0.15, 0.2) is 54.6 Å². The molecule has 30 heavy (non-hydrogen) atoms. The molecule has 0 atom stereocenters. The molecule has 3 rings (SSSR count). The third-order valence-corrected chi connectivity index (χ3v) is 5.60. The molecule has 3 nitrogen and oxygen atoms in total. The summed E-state index contributed by atoms with van der Waals surface area (Å²) in [5.74, 6) is 1.07. The molecule has 0 radical (unpaired) electrons. The zero-order chi connectivity index (χ0) is 21.5. The number of rotatable bonds is 9. The molecule has 0 aromatic heterocycles. The van der Waals surface area contributed by atoms with Crippen molar-refractivity contribution in [3.8, 4) is 11.5 Å². The maximum Gasteiger partial charge on any atom is 0.180 e. The Hall–Kier alpha value is -1.62. The third kappa shape index (κ3) is 6.19. The van der Waals surface area contributed by atoms with E-state index in [1.807, 2.05) is 49.4 Å². The van der Waals surface area contributed by atoms with Crippen LogP contribution in [0.1, 0.15) is 23.6 Å². The maximum atomic E-state index is 6.51. The van der Waals surface area contributed by atoms with Gasteiger partial charge in [0, 0.05) is 33.7 Å². The van der Waals surface area contributed by atoms with Gasteiger partial charge in [0.1, 0.15) is 6.61 Å². The fourth-order valence-electron chi connectivity index (χ4n) is 2.90. The van der Waals surface area contributed by atoms with Crippen LogP contribution in [-0.4, -0.2) is 6.61 Å². The summed E-state index contributed by atoms with van der Waals surface area (Å²) in [5, 5.41) is 5.70. The summed E-state index contributed by atoms with van der Waals surface area (Å²) in [4.78, 5) is 0. The highest BCUT2D eigenvalue weighted by Gasteiger charge is 2.14. The lowest BCUT2D eigenvalue weighted by Crippen LogP contribution is -2.13. The molecule has 0 aliphatic carbocycles. The van der Waals surface area contributed by atoms with E-state index >= 15 is 0 Å². The van der Waals surface area contributed by atoms with Crippen molar-refractivity contribution >= 4 is 46.4 Å². The van der Waals surface area contributed by atoms with Crippen LogP contribution in [-0.2, 0) is 19.7 Å². The SMILES string of the molecule is CCOc1cc(CNCc2ccccc2Cl)cc(Cl)c1OCc1ccc(Cl)cc1Cl. The summed E-state index contributed by atoms with van der Waals surface area (Å²) in [5.41, 5.74) is 2.83. The van der Waals surface area contributed by atoms with Crippen LogP contribution in [0.2, 0.25) is 20.1 Å². The van der Waals surface area contributed by atoms with Gasteiger partial charge < -0.3 is 14.8 Å². The van der Waals surface area contributed by atoms with E-state index in [1.165, 1.54) is 0 Å². The standard InChI is InChI=1S/C23H21Cl4NO2/c1-2-29-22-10-15(12-28-13-16-5-3-4-6-19(16)25)9-21(27)23(22)30-14-17-7-8-18(24)11-20(17)26/h3-11,28H,2,12-14H2,1H3. The van der Waals surface area contributed by atoms with Gasteiger partial charge in [-0.2, -0.15) is 0 Å². The fourth-order valence-corrected chi connectivity index (χ4v) is 3.85. The summed E-state index contributed by atoms with van der Waals surface area (Å²) in [6.45, 7) is 3.91. The zero-order valence-electron chi connectivity index (χ0n) is 16.4. The first kappa shape index (κ1) is 23.1. The smallest absolute Gasteiger partial charge is 0.180 e. The molecule has 0 amide bonds. The maximum absolute atomic E-state index is 6.51. The van der Waals surface area contributed by atoms with E-state index in [4.69, 9.17) is 55.9 Å². The molecule has 158 valence electrons. The van der Waals surface area contributed by atoms with Gasteiger partial charge >= 0.3 is 0 Å². The minimum absolute atomic E-state index is 0.250. The number of benzene rings is 3. The molecular weight excluding hydrogens is 464 g/mol. The number of ether oxygens (including phenoxy) is 2. The van der Waals surface area contributed by atoms with Crippen molar-refractivity contribution in [2.24, 2.45) is 0 Å². The summed E-state index contributed by atoms with van der Waals surface area (Å²) < 4.78 is 11.7. The second kappa shape index (κ2) is 11.1. The van der Waals surface area contributed by atoms with Crippen LogP contribution in [0.25, 0.3) is 0 Å². The van der Waals surface area contributed by atoms with Gasteiger partial charge in [0.15, 0.2) is 11.5 Å². The number of halogens is 4. The second-order valence-corrected chi connectivity index (χ2v) is 8.22. The number of hydrogen-bond acceptors (Lipinski definition) is 3. The Morgan fingerprint density at radius 3 is 2.30 bits per heavy atom. The predicted molar refractivity (Wildman–Crippen MR) is 125 cm³/mol. The highest BCUT2D eigenvalue weighted by molar-refractivity contribution is 6.35. The van der Waals surface area contributed by atoms with E-state index in [0.29, 0.717) is 46.3 Å². The van der Waals surface area contributed by atoms with Crippen molar-refractivity contribution in [2.45, 2.75) is 26.6 Å². The summed E-state index contributed by atoms with van der Waals surface area (Å²) in [6, 6.07) is 16.8. The van der Waals surface area contributed by atoms with E-state index in [9.17, 15) is 0 Å². The van der Waals surface area contributed by atoms with Crippen LogP contribution in [0.5, 0.6) is 11.5 Å². The topological polar surface area (TPSA) is 30.5 Å². The normalized spacial score (nSPS) is 10.8. The van der Waals surface area contributed by atoms with E-state index in [1.54, 1.807) is 12.1 Å². The minimum Gasteiger partial charge on any atom is -0.490 e. The van der Waals surface area contributed by atoms with Crippen molar-refractivity contribution in [3.05, 3.63) is 91.4 Å². The molecule has 0 aliphatic heterocycles. The Labute approximate surface area is 196 Å². The Morgan fingerprint density at radius 1 is 0.767 bits per heavy atom. The Balaban J connectivity index is 1.70. The second-order valence-electron chi connectivity index (χ2n) is 6.56. The van der Waals surface area contributed by atoms with Gasteiger partial charge in [-0.3, -0.25) is 0 Å². The number of nitrogens with one attached hydrogen (secondary N) is 1. The van der Waals surface area contributed by atoms with E-state index in [2.05, 4.69) is 5.32 Å². The lowest BCUT2D eigenvalue weighted by atomic mass is 10.1. The first-order valence-electron chi connectivity index (χ1n) is 9.44. The average molecular weight is 485 g/mol. The zero-order valence-corrected chi connectivity index (χ0v) is 19.4. The lowest BCUT2D eigenvalue weighted by Gasteiger charge is -2.16. The third-order valence-electron chi connectivity index (χ3n) is 4.36. The van der Waals surface area contributed by atoms with Crippen LogP contribution in [0.4, 0.5) is 0 Å². The van der Waals surface area contributed by atoms with E-state index in [-0.39, 0.29) is 6.61 Å².